The van der Waals surface area contributed by atoms with Crippen molar-refractivity contribution in [3.05, 3.63) is 67.6 Å². The normalized spacial score (nSPS) is 11.4. The molecule has 0 aliphatic heterocycles. The maximum atomic E-state index is 12.0. The first kappa shape index (κ1) is 17.1. The zero-order valence-corrected chi connectivity index (χ0v) is 14.4. The Bertz CT molecular complexity index is 759. The number of halogens is 4. The minimum atomic E-state index is -0.430. The van der Waals surface area contributed by atoms with Crippen molar-refractivity contribution in [3.8, 4) is 0 Å². The summed E-state index contributed by atoms with van der Waals surface area (Å²) in [5, 5.41) is 5.61. The van der Waals surface area contributed by atoms with Gasteiger partial charge in [0.25, 0.3) is 5.91 Å². The van der Waals surface area contributed by atoms with Crippen molar-refractivity contribution < 1.29 is 4.79 Å². The Morgan fingerprint density at radius 3 is 2.32 bits per heavy atom. The third-order valence-electron chi connectivity index (χ3n) is 2.84. The second-order valence-electron chi connectivity index (χ2n) is 4.39. The minimum Gasteiger partial charge on any atom is -0.267 e. The van der Waals surface area contributed by atoms with Crippen molar-refractivity contribution in [2.45, 2.75) is 6.92 Å². The number of hydrogen-bond acceptors (Lipinski definition) is 2. The van der Waals surface area contributed by atoms with Gasteiger partial charge in [-0.3, -0.25) is 4.79 Å². The molecule has 0 fully saturated rings. The molecule has 0 unspecified atom stereocenters. The van der Waals surface area contributed by atoms with Crippen LogP contribution in [0.3, 0.4) is 0 Å². The lowest BCUT2D eigenvalue weighted by Crippen LogP contribution is -2.19. The Morgan fingerprint density at radius 2 is 1.68 bits per heavy atom. The monoisotopic (exact) mass is 374 g/mol. The van der Waals surface area contributed by atoms with Gasteiger partial charge in [-0.05, 0) is 42.8 Å². The summed E-state index contributed by atoms with van der Waals surface area (Å²) in [7, 11) is 0. The summed E-state index contributed by atoms with van der Waals surface area (Å²) in [4.78, 5) is 12.0. The number of carbonyl (C=O) groups excluding carboxylic acids is 1. The molecule has 3 nitrogen and oxygen atoms in total. The number of rotatable bonds is 3. The number of carbonyl (C=O) groups is 1. The van der Waals surface area contributed by atoms with Crippen LogP contribution in [0.5, 0.6) is 0 Å². The molecule has 0 bridgehead atoms. The van der Waals surface area contributed by atoms with E-state index in [0.29, 0.717) is 20.8 Å². The van der Waals surface area contributed by atoms with Gasteiger partial charge >= 0.3 is 0 Å². The van der Waals surface area contributed by atoms with Crippen LogP contribution in [0.4, 0.5) is 0 Å². The van der Waals surface area contributed by atoms with Gasteiger partial charge in [0.15, 0.2) is 0 Å². The molecule has 2 aromatic rings. The van der Waals surface area contributed by atoms with Gasteiger partial charge in [0.2, 0.25) is 0 Å². The van der Waals surface area contributed by atoms with Gasteiger partial charge in [0.05, 0.1) is 26.3 Å². The number of nitrogens with zero attached hydrogens (tertiary/aromatic N) is 1. The number of nitrogens with one attached hydrogen (secondary N) is 1. The quantitative estimate of drug-likeness (QED) is 0.562. The zero-order valence-electron chi connectivity index (χ0n) is 11.3. The topological polar surface area (TPSA) is 41.5 Å². The van der Waals surface area contributed by atoms with Crippen LogP contribution >= 0.6 is 46.4 Å². The first-order valence-corrected chi connectivity index (χ1v) is 7.65. The van der Waals surface area contributed by atoms with Crippen molar-refractivity contribution in [2.24, 2.45) is 5.10 Å². The predicted octanol–water partition coefficient (Wildman–Crippen LogP) is 5.45. The van der Waals surface area contributed by atoms with Crippen molar-refractivity contribution in [1.82, 2.24) is 5.43 Å². The van der Waals surface area contributed by atoms with E-state index in [9.17, 15) is 4.79 Å². The third-order valence-corrected chi connectivity index (χ3v) is 4.13. The molecule has 0 saturated heterocycles. The maximum absolute atomic E-state index is 12.0. The van der Waals surface area contributed by atoms with Gasteiger partial charge in [-0.15, -0.1) is 0 Å². The summed E-state index contributed by atoms with van der Waals surface area (Å²) in [6.45, 7) is 1.74. The average Bonchev–Trinajstić information content (AvgIpc) is 2.47. The summed E-state index contributed by atoms with van der Waals surface area (Å²) in [5.41, 5.74) is 4.05. The van der Waals surface area contributed by atoms with E-state index in [1.165, 1.54) is 12.1 Å². The molecule has 1 amide bonds. The maximum Gasteiger partial charge on any atom is 0.272 e. The molecule has 2 rings (SSSR count). The van der Waals surface area contributed by atoms with Crippen LogP contribution in [0, 0.1) is 0 Å². The second kappa shape index (κ2) is 7.34. The van der Waals surface area contributed by atoms with Crippen molar-refractivity contribution in [2.75, 3.05) is 0 Å². The molecule has 0 aliphatic rings. The molecule has 1 N–H and O–H groups in total. The van der Waals surface area contributed by atoms with E-state index < -0.39 is 5.91 Å². The van der Waals surface area contributed by atoms with E-state index in [-0.39, 0.29) is 10.6 Å². The molecule has 0 aliphatic carbocycles. The van der Waals surface area contributed by atoms with Crippen LogP contribution in [0.15, 0.2) is 41.5 Å². The van der Waals surface area contributed by atoms with E-state index in [2.05, 4.69) is 10.5 Å². The lowest BCUT2D eigenvalue weighted by Gasteiger charge is -2.06. The number of amides is 1. The highest BCUT2D eigenvalue weighted by Gasteiger charge is 2.10. The number of hydrogen-bond donors (Lipinski definition) is 1. The standard InChI is InChI=1S/C15H10Cl4N2O/c1-8(9-2-5-12(17)14(19)6-9)20-21-15(22)11-4-3-10(16)7-13(11)18/h2-7H,1H3,(H,21,22). The van der Waals surface area contributed by atoms with Gasteiger partial charge < -0.3 is 0 Å². The lowest BCUT2D eigenvalue weighted by atomic mass is 10.1. The van der Waals surface area contributed by atoms with E-state index in [1.807, 2.05) is 0 Å². The van der Waals surface area contributed by atoms with Crippen LogP contribution in [0.2, 0.25) is 20.1 Å². The molecule has 0 saturated carbocycles. The van der Waals surface area contributed by atoms with E-state index in [1.54, 1.807) is 31.2 Å². The smallest absolute Gasteiger partial charge is 0.267 e. The highest BCUT2D eigenvalue weighted by Crippen LogP contribution is 2.23. The number of benzene rings is 2. The van der Waals surface area contributed by atoms with Crippen LogP contribution in [-0.4, -0.2) is 11.6 Å². The first-order chi connectivity index (χ1) is 10.4. The van der Waals surface area contributed by atoms with Crippen LogP contribution in [0.1, 0.15) is 22.8 Å². The van der Waals surface area contributed by atoms with Crippen molar-refractivity contribution in [1.29, 1.82) is 0 Å². The van der Waals surface area contributed by atoms with Gasteiger partial charge in [-0.2, -0.15) is 5.10 Å². The summed E-state index contributed by atoms with van der Waals surface area (Å²) in [6, 6.07) is 9.70. The third kappa shape index (κ3) is 4.14. The molecular formula is C15H10Cl4N2O. The van der Waals surface area contributed by atoms with Crippen LogP contribution < -0.4 is 5.43 Å². The van der Waals surface area contributed by atoms with Gasteiger partial charge in [0, 0.05) is 5.02 Å². The van der Waals surface area contributed by atoms with Crippen LogP contribution in [0.25, 0.3) is 0 Å². The van der Waals surface area contributed by atoms with Crippen molar-refractivity contribution >= 4 is 58.0 Å². The first-order valence-electron chi connectivity index (χ1n) is 6.13. The Hall–Kier alpha value is -1.26. The zero-order chi connectivity index (χ0) is 16.3. The van der Waals surface area contributed by atoms with E-state index >= 15 is 0 Å². The van der Waals surface area contributed by atoms with Gasteiger partial charge in [-0.1, -0.05) is 52.5 Å². The Balaban J connectivity index is 2.16. The molecule has 0 atom stereocenters. The van der Waals surface area contributed by atoms with Gasteiger partial charge in [0.1, 0.15) is 0 Å². The number of hydrazone groups is 1. The molecular weight excluding hydrogens is 366 g/mol. The SMILES string of the molecule is CC(=NNC(=O)c1ccc(Cl)cc1Cl)c1ccc(Cl)c(Cl)c1. The molecule has 0 radical (unpaired) electrons. The predicted molar refractivity (Wildman–Crippen MR) is 92.6 cm³/mol. The molecule has 7 heteroatoms. The van der Waals surface area contributed by atoms with Crippen LogP contribution in [-0.2, 0) is 0 Å². The average molecular weight is 376 g/mol. The van der Waals surface area contributed by atoms with Gasteiger partial charge in [-0.25, -0.2) is 5.43 Å². The summed E-state index contributed by atoms with van der Waals surface area (Å²) >= 11 is 23.6. The summed E-state index contributed by atoms with van der Waals surface area (Å²) in [5.74, 6) is -0.430. The summed E-state index contributed by atoms with van der Waals surface area (Å²) < 4.78 is 0. The fourth-order valence-corrected chi connectivity index (χ4v) is 2.45. The Labute approximate surface area is 147 Å². The van der Waals surface area contributed by atoms with Crippen molar-refractivity contribution in [3.63, 3.8) is 0 Å². The summed E-state index contributed by atoms with van der Waals surface area (Å²) in [6.07, 6.45) is 0. The highest BCUT2D eigenvalue weighted by atomic mass is 35.5. The molecule has 2 aromatic carbocycles. The van der Waals surface area contributed by atoms with E-state index in [0.717, 1.165) is 5.56 Å². The molecule has 114 valence electrons. The fraction of sp³-hybridized carbons (Fsp3) is 0.0667. The lowest BCUT2D eigenvalue weighted by molar-refractivity contribution is 0.0955. The second-order valence-corrected chi connectivity index (χ2v) is 6.05. The Kier molecular flexibility index (Phi) is 5.70. The minimum absolute atomic E-state index is 0.257. The highest BCUT2D eigenvalue weighted by molar-refractivity contribution is 6.42. The molecule has 0 heterocycles. The fourth-order valence-electron chi connectivity index (χ4n) is 1.65. The largest absolute Gasteiger partial charge is 0.272 e. The molecule has 0 aromatic heterocycles. The molecule has 0 spiro atoms. The molecule has 22 heavy (non-hydrogen) atoms. The Morgan fingerprint density at radius 1 is 0.955 bits per heavy atom. The van der Waals surface area contributed by atoms with E-state index in [4.69, 9.17) is 46.4 Å².